The Morgan fingerprint density at radius 1 is 1.12 bits per heavy atom. The molecule has 0 aromatic heterocycles. The number of carbonyl (C=O) groups excluding carboxylic acids is 1. The van der Waals surface area contributed by atoms with Gasteiger partial charge >= 0.3 is 0 Å². The molecule has 1 fully saturated rings. The van der Waals surface area contributed by atoms with Crippen LogP contribution in [0.2, 0.25) is 5.02 Å². The Balaban J connectivity index is 1.97. The van der Waals surface area contributed by atoms with E-state index in [1.165, 1.54) is 4.90 Å². The normalized spacial score (nSPS) is 15.5. The molecule has 7 heteroatoms. The Morgan fingerprint density at radius 2 is 1.76 bits per heavy atom. The molecule has 2 aromatic carbocycles. The van der Waals surface area contributed by atoms with Crippen molar-refractivity contribution in [1.82, 2.24) is 5.32 Å². The third-order valence-electron chi connectivity index (χ3n) is 3.66. The first kappa shape index (κ1) is 17.3. The minimum Gasteiger partial charge on any atom is -0.497 e. The van der Waals surface area contributed by atoms with Crippen LogP contribution in [0.1, 0.15) is 5.56 Å². The summed E-state index contributed by atoms with van der Waals surface area (Å²) in [5, 5.41) is 3.66. The molecule has 5 nitrogen and oxygen atoms in total. The van der Waals surface area contributed by atoms with Crippen molar-refractivity contribution in [2.24, 2.45) is 0 Å². The highest BCUT2D eigenvalue weighted by Crippen LogP contribution is 2.30. The van der Waals surface area contributed by atoms with E-state index >= 15 is 0 Å². The Kier molecular flexibility index (Phi) is 4.92. The number of halogens is 1. The molecule has 128 valence electrons. The lowest BCUT2D eigenvalue weighted by Crippen LogP contribution is -2.30. The van der Waals surface area contributed by atoms with Gasteiger partial charge in [-0.05, 0) is 48.1 Å². The van der Waals surface area contributed by atoms with Crippen LogP contribution in [-0.4, -0.2) is 25.2 Å². The average molecular weight is 375 g/mol. The van der Waals surface area contributed by atoms with E-state index < -0.39 is 0 Å². The molecule has 1 aliphatic rings. The zero-order valence-electron chi connectivity index (χ0n) is 13.6. The van der Waals surface area contributed by atoms with Gasteiger partial charge in [0.15, 0.2) is 5.11 Å². The standard InChI is InChI=1S/C18H15ClN2O3S/c1-23-12-7-11(8-13(10-12)24-2)9-15-17(22)21(18(25)20-15)16-6-4-3-5-14(16)19/h3-10H,1-2H3,(H,20,25)/b15-9-. The lowest BCUT2D eigenvalue weighted by Gasteiger charge is -2.15. The van der Waals surface area contributed by atoms with E-state index in [9.17, 15) is 4.79 Å². The molecule has 0 radical (unpaired) electrons. The number of rotatable bonds is 4. The molecular formula is C18H15ClN2O3S. The number of nitrogens with zero attached hydrogens (tertiary/aromatic N) is 1. The van der Waals surface area contributed by atoms with Crippen molar-refractivity contribution >= 4 is 46.6 Å². The first-order valence-electron chi connectivity index (χ1n) is 7.38. The zero-order valence-corrected chi connectivity index (χ0v) is 15.1. The van der Waals surface area contributed by atoms with Gasteiger partial charge in [-0.1, -0.05) is 23.7 Å². The molecule has 0 saturated carbocycles. The SMILES string of the molecule is COc1cc(/C=C2\NC(=S)N(c3ccccc3Cl)C2=O)cc(OC)c1. The van der Waals surface area contributed by atoms with Gasteiger partial charge in [0.1, 0.15) is 17.2 Å². The summed E-state index contributed by atoms with van der Waals surface area (Å²) in [4.78, 5) is 14.1. The molecule has 1 amide bonds. The van der Waals surface area contributed by atoms with Crippen molar-refractivity contribution in [3.8, 4) is 11.5 Å². The Bertz CT molecular complexity index is 860. The Morgan fingerprint density at radius 3 is 2.36 bits per heavy atom. The fraction of sp³-hybridized carbons (Fsp3) is 0.111. The van der Waals surface area contributed by atoms with E-state index in [0.29, 0.717) is 27.9 Å². The number of para-hydroxylation sites is 1. The van der Waals surface area contributed by atoms with Gasteiger partial charge in [0.2, 0.25) is 0 Å². The largest absolute Gasteiger partial charge is 0.497 e. The number of amides is 1. The quantitative estimate of drug-likeness (QED) is 0.654. The van der Waals surface area contributed by atoms with Gasteiger partial charge in [0.25, 0.3) is 5.91 Å². The van der Waals surface area contributed by atoms with Crippen molar-refractivity contribution in [1.29, 1.82) is 0 Å². The van der Waals surface area contributed by atoms with Crippen LogP contribution in [0, 0.1) is 0 Å². The highest BCUT2D eigenvalue weighted by Gasteiger charge is 2.33. The monoisotopic (exact) mass is 374 g/mol. The fourth-order valence-electron chi connectivity index (χ4n) is 2.47. The summed E-state index contributed by atoms with van der Waals surface area (Å²) in [5.74, 6) is 0.976. The first-order chi connectivity index (χ1) is 12.0. The number of ether oxygens (including phenoxy) is 2. The zero-order chi connectivity index (χ0) is 18.0. The average Bonchev–Trinajstić information content (AvgIpc) is 2.88. The van der Waals surface area contributed by atoms with Crippen LogP contribution in [0.3, 0.4) is 0 Å². The number of methoxy groups -OCH3 is 2. The summed E-state index contributed by atoms with van der Waals surface area (Å²) in [6.07, 6.45) is 1.69. The number of hydrogen-bond acceptors (Lipinski definition) is 4. The van der Waals surface area contributed by atoms with Gasteiger partial charge in [-0.25, -0.2) is 0 Å². The Labute approximate surface area is 155 Å². The van der Waals surface area contributed by atoms with Gasteiger partial charge in [-0.3, -0.25) is 9.69 Å². The minimum atomic E-state index is -0.278. The molecule has 3 rings (SSSR count). The van der Waals surface area contributed by atoms with Gasteiger partial charge < -0.3 is 14.8 Å². The molecule has 0 atom stereocenters. The molecule has 1 aliphatic heterocycles. The van der Waals surface area contributed by atoms with Crippen molar-refractivity contribution in [2.75, 3.05) is 19.1 Å². The van der Waals surface area contributed by atoms with Crippen molar-refractivity contribution in [3.63, 3.8) is 0 Å². The summed E-state index contributed by atoms with van der Waals surface area (Å²) < 4.78 is 10.5. The van der Waals surface area contributed by atoms with Crippen molar-refractivity contribution in [2.45, 2.75) is 0 Å². The second-order valence-electron chi connectivity index (χ2n) is 5.23. The van der Waals surface area contributed by atoms with Gasteiger partial charge in [-0.15, -0.1) is 0 Å². The van der Waals surface area contributed by atoms with E-state index in [0.717, 1.165) is 5.56 Å². The molecule has 2 aromatic rings. The van der Waals surface area contributed by atoms with E-state index in [1.807, 2.05) is 0 Å². The summed E-state index contributed by atoms with van der Waals surface area (Å²) >= 11 is 11.5. The van der Waals surface area contributed by atoms with E-state index in [-0.39, 0.29) is 11.0 Å². The third-order valence-corrected chi connectivity index (χ3v) is 4.26. The molecule has 1 saturated heterocycles. The lowest BCUT2D eigenvalue weighted by molar-refractivity contribution is -0.113. The molecule has 25 heavy (non-hydrogen) atoms. The number of benzene rings is 2. The van der Waals surface area contributed by atoms with Crippen LogP contribution in [0.4, 0.5) is 5.69 Å². The number of anilines is 1. The molecule has 0 spiro atoms. The number of carbonyl (C=O) groups is 1. The third kappa shape index (κ3) is 3.45. The summed E-state index contributed by atoms with van der Waals surface area (Å²) in [6, 6.07) is 12.4. The number of thiocarbonyl (C=S) groups is 1. The first-order valence-corrected chi connectivity index (χ1v) is 8.17. The minimum absolute atomic E-state index is 0.277. The topological polar surface area (TPSA) is 50.8 Å². The van der Waals surface area contributed by atoms with Gasteiger partial charge in [0.05, 0.1) is 24.9 Å². The number of hydrogen-bond donors (Lipinski definition) is 1. The maximum atomic E-state index is 12.8. The molecule has 0 unspecified atom stereocenters. The second kappa shape index (κ2) is 7.13. The number of nitrogens with one attached hydrogen (secondary N) is 1. The van der Waals surface area contributed by atoms with Crippen LogP contribution in [0.25, 0.3) is 6.08 Å². The lowest BCUT2D eigenvalue weighted by atomic mass is 10.1. The van der Waals surface area contributed by atoms with E-state index in [4.69, 9.17) is 33.3 Å². The summed E-state index contributed by atoms with van der Waals surface area (Å²) in [5.41, 5.74) is 1.63. The molecule has 0 aliphatic carbocycles. The van der Waals surface area contributed by atoms with Crippen LogP contribution in [0.15, 0.2) is 48.2 Å². The fourth-order valence-corrected chi connectivity index (χ4v) is 2.98. The van der Waals surface area contributed by atoms with Crippen LogP contribution in [-0.2, 0) is 4.79 Å². The predicted molar refractivity (Wildman–Crippen MR) is 102 cm³/mol. The molecule has 1 N–H and O–H groups in total. The van der Waals surface area contributed by atoms with E-state index in [1.54, 1.807) is 62.8 Å². The van der Waals surface area contributed by atoms with Crippen molar-refractivity contribution in [3.05, 3.63) is 58.7 Å². The van der Waals surface area contributed by atoms with Crippen LogP contribution >= 0.6 is 23.8 Å². The summed E-state index contributed by atoms with van der Waals surface area (Å²) in [6.45, 7) is 0. The van der Waals surface area contributed by atoms with E-state index in [2.05, 4.69) is 5.32 Å². The van der Waals surface area contributed by atoms with Crippen molar-refractivity contribution < 1.29 is 14.3 Å². The van der Waals surface area contributed by atoms with Gasteiger partial charge in [-0.2, -0.15) is 0 Å². The summed E-state index contributed by atoms with van der Waals surface area (Å²) in [7, 11) is 3.14. The molecular weight excluding hydrogens is 360 g/mol. The van der Waals surface area contributed by atoms with Crippen LogP contribution < -0.4 is 19.7 Å². The second-order valence-corrected chi connectivity index (χ2v) is 6.02. The Hall–Kier alpha value is -2.57. The smallest absolute Gasteiger partial charge is 0.281 e. The molecule has 1 heterocycles. The maximum Gasteiger partial charge on any atom is 0.281 e. The van der Waals surface area contributed by atoms with Gasteiger partial charge in [0, 0.05) is 6.07 Å². The van der Waals surface area contributed by atoms with Crippen LogP contribution in [0.5, 0.6) is 11.5 Å². The maximum absolute atomic E-state index is 12.8. The predicted octanol–water partition coefficient (Wildman–Crippen LogP) is 3.62. The highest BCUT2D eigenvalue weighted by molar-refractivity contribution is 7.80. The molecule has 0 bridgehead atoms. The highest BCUT2D eigenvalue weighted by atomic mass is 35.5.